The molecule has 1 aromatic rings. The van der Waals surface area contributed by atoms with Crippen LogP contribution >= 0.6 is 0 Å². The molecule has 0 radical (unpaired) electrons. The van der Waals surface area contributed by atoms with Gasteiger partial charge in [-0.3, -0.25) is 0 Å². The van der Waals surface area contributed by atoms with Gasteiger partial charge in [0.1, 0.15) is 0 Å². The second-order valence-electron chi connectivity index (χ2n) is 3.65. The van der Waals surface area contributed by atoms with Crippen LogP contribution in [0.4, 0.5) is 5.69 Å². The third kappa shape index (κ3) is 2.94. The van der Waals surface area contributed by atoms with Crippen LogP contribution in [0.2, 0.25) is 0 Å². The second kappa shape index (κ2) is 5.73. The lowest BCUT2D eigenvalue weighted by atomic mass is 10.1. The van der Waals surface area contributed by atoms with Crippen LogP contribution in [0.25, 0.3) is 0 Å². The average Bonchev–Trinajstić information content (AvgIpc) is 2.22. The molecule has 0 aromatic heterocycles. The first-order valence-corrected chi connectivity index (χ1v) is 5.23. The Hall–Kier alpha value is -1.06. The van der Waals surface area contributed by atoms with Crippen LogP contribution in [0.3, 0.4) is 0 Å². The maximum Gasteiger partial charge on any atom is 0.0606 e. The molecule has 1 rings (SSSR count). The maximum atomic E-state index is 8.96. The number of aliphatic hydroxyl groups is 2. The Labute approximate surface area is 91.0 Å². The molecule has 15 heavy (non-hydrogen) atoms. The molecule has 0 saturated carbocycles. The molecule has 0 aliphatic heterocycles. The molecule has 0 heterocycles. The van der Waals surface area contributed by atoms with Gasteiger partial charge in [0, 0.05) is 18.8 Å². The van der Waals surface area contributed by atoms with Crippen molar-refractivity contribution in [3.8, 4) is 0 Å². The van der Waals surface area contributed by atoms with Crippen LogP contribution in [0.15, 0.2) is 18.2 Å². The van der Waals surface area contributed by atoms with Crippen molar-refractivity contribution < 1.29 is 10.2 Å². The Bertz CT molecular complexity index is 306. The van der Waals surface area contributed by atoms with E-state index in [1.807, 2.05) is 17.0 Å². The molecular weight excluding hydrogens is 190 g/mol. The van der Waals surface area contributed by atoms with Crippen LogP contribution < -0.4 is 4.90 Å². The molecule has 0 bridgehead atoms. The topological polar surface area (TPSA) is 43.7 Å². The van der Waals surface area contributed by atoms with Crippen molar-refractivity contribution >= 4 is 5.69 Å². The first kappa shape index (κ1) is 12.0. The molecule has 84 valence electrons. The fourth-order valence-corrected chi connectivity index (χ4v) is 1.67. The van der Waals surface area contributed by atoms with Gasteiger partial charge in [-0.25, -0.2) is 0 Å². The highest BCUT2D eigenvalue weighted by Gasteiger charge is 2.08. The van der Waals surface area contributed by atoms with Gasteiger partial charge in [-0.05, 0) is 31.0 Å². The summed E-state index contributed by atoms with van der Waals surface area (Å²) in [5.74, 6) is 0. The van der Waals surface area contributed by atoms with Crippen molar-refractivity contribution in [1.29, 1.82) is 0 Å². The molecule has 0 aliphatic carbocycles. The number of aliphatic hydroxyl groups excluding tert-OH is 2. The molecule has 0 aliphatic rings. The SMILES string of the molecule is Cc1cccc(N(CCO)CCO)c1C. The predicted molar refractivity (Wildman–Crippen MR) is 62.3 cm³/mol. The molecular formula is C12H19NO2. The summed E-state index contributed by atoms with van der Waals surface area (Å²) in [6.45, 7) is 5.46. The third-order valence-corrected chi connectivity index (χ3v) is 2.66. The molecule has 0 unspecified atom stereocenters. The predicted octanol–water partition coefficient (Wildman–Crippen LogP) is 1.09. The van der Waals surface area contributed by atoms with Crippen molar-refractivity contribution in [3.05, 3.63) is 29.3 Å². The second-order valence-corrected chi connectivity index (χ2v) is 3.65. The zero-order valence-corrected chi connectivity index (χ0v) is 9.40. The highest BCUT2D eigenvalue weighted by molar-refractivity contribution is 5.55. The van der Waals surface area contributed by atoms with Gasteiger partial charge >= 0.3 is 0 Å². The number of anilines is 1. The van der Waals surface area contributed by atoms with Crippen molar-refractivity contribution in [2.24, 2.45) is 0 Å². The van der Waals surface area contributed by atoms with Gasteiger partial charge in [-0.15, -0.1) is 0 Å². The van der Waals surface area contributed by atoms with E-state index in [1.165, 1.54) is 11.1 Å². The number of rotatable bonds is 5. The summed E-state index contributed by atoms with van der Waals surface area (Å²) in [5, 5.41) is 17.9. The summed E-state index contributed by atoms with van der Waals surface area (Å²) in [6, 6.07) is 6.09. The highest BCUT2D eigenvalue weighted by atomic mass is 16.3. The van der Waals surface area contributed by atoms with Gasteiger partial charge in [0.2, 0.25) is 0 Å². The fraction of sp³-hybridized carbons (Fsp3) is 0.500. The minimum absolute atomic E-state index is 0.105. The van der Waals surface area contributed by atoms with E-state index in [1.54, 1.807) is 0 Å². The van der Waals surface area contributed by atoms with E-state index < -0.39 is 0 Å². The van der Waals surface area contributed by atoms with E-state index in [0.717, 1.165) is 5.69 Å². The van der Waals surface area contributed by atoms with Gasteiger partial charge < -0.3 is 15.1 Å². The molecule has 0 saturated heterocycles. The van der Waals surface area contributed by atoms with E-state index in [9.17, 15) is 0 Å². The Morgan fingerprint density at radius 1 is 1.07 bits per heavy atom. The number of nitrogens with zero attached hydrogens (tertiary/aromatic N) is 1. The van der Waals surface area contributed by atoms with Crippen LogP contribution in [-0.4, -0.2) is 36.5 Å². The molecule has 0 atom stereocenters. The van der Waals surface area contributed by atoms with E-state index in [2.05, 4.69) is 19.9 Å². The van der Waals surface area contributed by atoms with Crippen molar-refractivity contribution in [1.82, 2.24) is 0 Å². The summed E-state index contributed by atoms with van der Waals surface area (Å²) < 4.78 is 0. The van der Waals surface area contributed by atoms with E-state index >= 15 is 0 Å². The average molecular weight is 209 g/mol. The third-order valence-electron chi connectivity index (χ3n) is 2.66. The first-order chi connectivity index (χ1) is 7.20. The van der Waals surface area contributed by atoms with E-state index in [4.69, 9.17) is 10.2 Å². The molecule has 3 nitrogen and oxygen atoms in total. The first-order valence-electron chi connectivity index (χ1n) is 5.23. The quantitative estimate of drug-likeness (QED) is 0.763. The van der Waals surface area contributed by atoms with Crippen molar-refractivity contribution in [2.75, 3.05) is 31.2 Å². The monoisotopic (exact) mass is 209 g/mol. The van der Waals surface area contributed by atoms with Gasteiger partial charge in [-0.2, -0.15) is 0 Å². The Balaban J connectivity index is 2.94. The molecule has 2 N–H and O–H groups in total. The lowest BCUT2D eigenvalue weighted by molar-refractivity contribution is 0.281. The van der Waals surface area contributed by atoms with Crippen LogP contribution in [0.5, 0.6) is 0 Å². The van der Waals surface area contributed by atoms with E-state index in [-0.39, 0.29) is 13.2 Å². The molecule has 0 spiro atoms. The van der Waals surface area contributed by atoms with Crippen LogP contribution in [0, 0.1) is 13.8 Å². The Morgan fingerprint density at radius 3 is 2.20 bits per heavy atom. The summed E-state index contributed by atoms with van der Waals surface area (Å²) in [4.78, 5) is 2.00. The summed E-state index contributed by atoms with van der Waals surface area (Å²) in [6.07, 6.45) is 0. The summed E-state index contributed by atoms with van der Waals surface area (Å²) in [7, 11) is 0. The summed E-state index contributed by atoms with van der Waals surface area (Å²) >= 11 is 0. The van der Waals surface area contributed by atoms with Gasteiger partial charge in [0.15, 0.2) is 0 Å². The number of aryl methyl sites for hydroxylation is 1. The van der Waals surface area contributed by atoms with Crippen LogP contribution in [0.1, 0.15) is 11.1 Å². The van der Waals surface area contributed by atoms with Crippen molar-refractivity contribution in [3.63, 3.8) is 0 Å². The van der Waals surface area contributed by atoms with Gasteiger partial charge in [-0.1, -0.05) is 12.1 Å². The Morgan fingerprint density at radius 2 is 1.67 bits per heavy atom. The minimum atomic E-state index is 0.105. The molecule has 3 heteroatoms. The summed E-state index contributed by atoms with van der Waals surface area (Å²) in [5.41, 5.74) is 3.53. The zero-order chi connectivity index (χ0) is 11.3. The lowest BCUT2D eigenvalue weighted by Crippen LogP contribution is -2.30. The number of benzene rings is 1. The molecule has 1 aromatic carbocycles. The lowest BCUT2D eigenvalue weighted by Gasteiger charge is -2.25. The van der Waals surface area contributed by atoms with Crippen molar-refractivity contribution in [2.45, 2.75) is 13.8 Å². The largest absolute Gasteiger partial charge is 0.395 e. The zero-order valence-electron chi connectivity index (χ0n) is 9.40. The van der Waals surface area contributed by atoms with E-state index in [0.29, 0.717) is 13.1 Å². The fourth-order valence-electron chi connectivity index (χ4n) is 1.67. The van der Waals surface area contributed by atoms with Gasteiger partial charge in [0.25, 0.3) is 0 Å². The molecule has 0 fully saturated rings. The maximum absolute atomic E-state index is 8.96. The smallest absolute Gasteiger partial charge is 0.0606 e. The minimum Gasteiger partial charge on any atom is -0.395 e. The normalized spacial score (nSPS) is 10.4. The van der Waals surface area contributed by atoms with Gasteiger partial charge in [0.05, 0.1) is 13.2 Å². The molecule has 0 amide bonds. The highest BCUT2D eigenvalue weighted by Crippen LogP contribution is 2.22. The standard InChI is InChI=1S/C12H19NO2/c1-10-4-3-5-12(11(10)2)13(6-8-14)7-9-15/h3-5,14-15H,6-9H2,1-2H3. The Kier molecular flexibility index (Phi) is 4.59. The van der Waals surface area contributed by atoms with Crippen LogP contribution in [-0.2, 0) is 0 Å². The number of hydrogen-bond acceptors (Lipinski definition) is 3. The number of hydrogen-bond donors (Lipinski definition) is 2.